The number of piperidine rings is 1. The fourth-order valence-electron chi connectivity index (χ4n) is 2.76. The van der Waals surface area contributed by atoms with Crippen LogP contribution in [0.3, 0.4) is 0 Å². The number of imidazole rings is 1. The van der Waals surface area contributed by atoms with E-state index in [1.54, 1.807) is 11.3 Å². The van der Waals surface area contributed by atoms with Crippen LogP contribution >= 0.6 is 11.3 Å². The van der Waals surface area contributed by atoms with E-state index in [9.17, 15) is 5.11 Å². The Bertz CT molecular complexity index is 594. The molecule has 6 heteroatoms. The summed E-state index contributed by atoms with van der Waals surface area (Å²) < 4.78 is 1.90. The molecular formula is C15H24N4OS. The van der Waals surface area contributed by atoms with E-state index in [2.05, 4.69) is 30.8 Å². The van der Waals surface area contributed by atoms with Gasteiger partial charge >= 0.3 is 0 Å². The van der Waals surface area contributed by atoms with Gasteiger partial charge in [0.25, 0.3) is 0 Å². The number of rotatable bonds is 2. The molecule has 1 aliphatic rings. The molecular weight excluding hydrogens is 284 g/mol. The highest BCUT2D eigenvalue weighted by atomic mass is 32.1. The molecule has 0 saturated carbocycles. The van der Waals surface area contributed by atoms with Crippen molar-refractivity contribution in [1.82, 2.24) is 14.6 Å². The highest BCUT2D eigenvalue weighted by Gasteiger charge is 2.26. The lowest BCUT2D eigenvalue weighted by Gasteiger charge is -2.33. The van der Waals surface area contributed by atoms with Gasteiger partial charge in [-0.05, 0) is 19.8 Å². The van der Waals surface area contributed by atoms with E-state index in [1.165, 1.54) is 0 Å². The lowest BCUT2D eigenvalue weighted by molar-refractivity contribution is 0.115. The zero-order chi connectivity index (χ0) is 15.2. The first-order chi connectivity index (χ1) is 9.84. The Kier molecular flexibility index (Phi) is 3.69. The summed E-state index contributed by atoms with van der Waals surface area (Å²) in [6.07, 6.45) is 4.00. The van der Waals surface area contributed by atoms with Gasteiger partial charge in [-0.1, -0.05) is 32.1 Å². The molecule has 2 unspecified atom stereocenters. The molecule has 3 heterocycles. The number of anilines is 1. The van der Waals surface area contributed by atoms with Crippen molar-refractivity contribution in [2.24, 2.45) is 5.92 Å². The monoisotopic (exact) mass is 308 g/mol. The third-order valence-electron chi connectivity index (χ3n) is 4.21. The summed E-state index contributed by atoms with van der Waals surface area (Å²) in [5, 5.41) is 15.5. The minimum atomic E-state index is -0.246. The van der Waals surface area contributed by atoms with Crippen molar-refractivity contribution < 1.29 is 5.11 Å². The smallest absolute Gasteiger partial charge is 0.214 e. The lowest BCUT2D eigenvalue weighted by Crippen LogP contribution is -2.39. The second kappa shape index (κ2) is 5.25. The van der Waals surface area contributed by atoms with E-state index in [1.807, 2.05) is 17.6 Å². The van der Waals surface area contributed by atoms with Crippen LogP contribution in [0.15, 0.2) is 6.20 Å². The molecule has 0 aliphatic carbocycles. The van der Waals surface area contributed by atoms with Crippen molar-refractivity contribution in [3.63, 3.8) is 0 Å². The number of aliphatic hydroxyl groups is 1. The quantitative estimate of drug-likeness (QED) is 0.927. The van der Waals surface area contributed by atoms with Crippen LogP contribution in [-0.2, 0) is 5.41 Å². The van der Waals surface area contributed by atoms with E-state index in [4.69, 9.17) is 4.98 Å². The van der Waals surface area contributed by atoms with E-state index in [0.29, 0.717) is 5.92 Å². The SMILES string of the molecule is CC(O)C1CCCN(c2nn3cc(C(C)(C)C)nc3s2)C1. The highest BCUT2D eigenvalue weighted by molar-refractivity contribution is 7.20. The topological polar surface area (TPSA) is 53.7 Å². The Morgan fingerprint density at radius 1 is 1.43 bits per heavy atom. The fourth-order valence-corrected chi connectivity index (χ4v) is 3.67. The molecule has 1 N–H and O–H groups in total. The normalized spacial score (nSPS) is 22.0. The first kappa shape index (κ1) is 14.8. The molecule has 5 nitrogen and oxygen atoms in total. The average Bonchev–Trinajstić information content (AvgIpc) is 2.96. The lowest BCUT2D eigenvalue weighted by atomic mass is 9.93. The van der Waals surface area contributed by atoms with E-state index in [0.717, 1.165) is 41.7 Å². The van der Waals surface area contributed by atoms with Gasteiger partial charge in [-0.2, -0.15) is 0 Å². The summed E-state index contributed by atoms with van der Waals surface area (Å²) in [5.41, 5.74) is 1.13. The third kappa shape index (κ3) is 2.92. The Hall–Kier alpha value is -1.14. The van der Waals surface area contributed by atoms with Crippen molar-refractivity contribution in [2.75, 3.05) is 18.0 Å². The molecule has 2 aromatic heterocycles. The number of aliphatic hydroxyl groups excluding tert-OH is 1. The van der Waals surface area contributed by atoms with Crippen LogP contribution in [0.1, 0.15) is 46.2 Å². The van der Waals surface area contributed by atoms with Crippen LogP contribution in [0.4, 0.5) is 5.13 Å². The number of nitrogens with zero attached hydrogens (tertiary/aromatic N) is 4. The molecule has 0 bridgehead atoms. The van der Waals surface area contributed by atoms with Crippen LogP contribution in [0.5, 0.6) is 0 Å². The second-order valence-corrected chi connectivity index (χ2v) is 8.01. The summed E-state index contributed by atoms with van der Waals surface area (Å²) in [7, 11) is 0. The molecule has 2 atom stereocenters. The van der Waals surface area contributed by atoms with Crippen LogP contribution in [0.2, 0.25) is 0 Å². The zero-order valence-electron chi connectivity index (χ0n) is 13.2. The van der Waals surface area contributed by atoms with E-state index < -0.39 is 0 Å². The number of hydrogen-bond donors (Lipinski definition) is 1. The molecule has 0 amide bonds. The standard InChI is InChI=1S/C15H24N4OS/c1-10(20)11-6-5-7-18(8-11)14-17-19-9-12(15(2,3)4)16-13(19)21-14/h9-11,20H,5-8H2,1-4H3. The maximum Gasteiger partial charge on any atom is 0.214 e. The molecule has 0 spiro atoms. The molecule has 1 saturated heterocycles. The Morgan fingerprint density at radius 3 is 2.81 bits per heavy atom. The van der Waals surface area contributed by atoms with Gasteiger partial charge in [0.15, 0.2) is 0 Å². The molecule has 2 aromatic rings. The number of hydrogen-bond acceptors (Lipinski definition) is 5. The van der Waals surface area contributed by atoms with E-state index >= 15 is 0 Å². The first-order valence-electron chi connectivity index (χ1n) is 7.64. The Labute approximate surface area is 129 Å². The molecule has 3 rings (SSSR count). The fraction of sp³-hybridized carbons (Fsp3) is 0.733. The van der Waals surface area contributed by atoms with Crippen molar-refractivity contribution in [2.45, 2.75) is 52.1 Å². The predicted molar refractivity (Wildman–Crippen MR) is 86.2 cm³/mol. The van der Waals surface area contributed by atoms with Gasteiger partial charge in [0.1, 0.15) is 0 Å². The summed E-state index contributed by atoms with van der Waals surface area (Å²) in [5.74, 6) is 0.347. The number of aromatic nitrogens is 3. The summed E-state index contributed by atoms with van der Waals surface area (Å²) in [6.45, 7) is 10.3. The largest absolute Gasteiger partial charge is 0.393 e. The summed E-state index contributed by atoms with van der Waals surface area (Å²) in [4.78, 5) is 7.94. The molecule has 0 radical (unpaired) electrons. The van der Waals surface area contributed by atoms with Crippen LogP contribution in [0, 0.1) is 5.92 Å². The van der Waals surface area contributed by atoms with Crippen molar-refractivity contribution >= 4 is 21.4 Å². The average molecular weight is 308 g/mol. The second-order valence-electron chi connectivity index (χ2n) is 7.08. The van der Waals surface area contributed by atoms with Crippen molar-refractivity contribution in [1.29, 1.82) is 0 Å². The molecule has 21 heavy (non-hydrogen) atoms. The zero-order valence-corrected chi connectivity index (χ0v) is 14.0. The Balaban J connectivity index is 1.83. The minimum absolute atomic E-state index is 0.0517. The first-order valence-corrected chi connectivity index (χ1v) is 8.46. The molecule has 116 valence electrons. The minimum Gasteiger partial charge on any atom is -0.393 e. The van der Waals surface area contributed by atoms with Crippen molar-refractivity contribution in [3.8, 4) is 0 Å². The summed E-state index contributed by atoms with van der Waals surface area (Å²) >= 11 is 1.64. The van der Waals surface area contributed by atoms with Crippen LogP contribution in [0.25, 0.3) is 4.96 Å². The molecule has 1 aliphatic heterocycles. The molecule has 0 aromatic carbocycles. The van der Waals surface area contributed by atoms with Gasteiger partial charge in [0, 0.05) is 24.4 Å². The van der Waals surface area contributed by atoms with Gasteiger partial charge in [0.05, 0.1) is 18.0 Å². The van der Waals surface area contributed by atoms with E-state index in [-0.39, 0.29) is 11.5 Å². The van der Waals surface area contributed by atoms with Crippen LogP contribution < -0.4 is 4.90 Å². The van der Waals surface area contributed by atoms with Crippen molar-refractivity contribution in [3.05, 3.63) is 11.9 Å². The maximum absolute atomic E-state index is 9.81. The third-order valence-corrected chi connectivity index (χ3v) is 5.19. The van der Waals surface area contributed by atoms with Crippen LogP contribution in [-0.4, -0.2) is 38.9 Å². The van der Waals surface area contributed by atoms with Gasteiger partial charge in [-0.3, -0.25) is 0 Å². The summed E-state index contributed by atoms with van der Waals surface area (Å²) in [6, 6.07) is 0. The molecule has 1 fully saturated rings. The Morgan fingerprint density at radius 2 is 2.19 bits per heavy atom. The van der Waals surface area contributed by atoms with Gasteiger partial charge in [-0.15, -0.1) is 5.10 Å². The number of fused-ring (bicyclic) bond motifs is 1. The van der Waals surface area contributed by atoms with Gasteiger partial charge in [0.2, 0.25) is 10.1 Å². The predicted octanol–water partition coefficient (Wildman–Crippen LogP) is 2.69. The van der Waals surface area contributed by atoms with Gasteiger partial charge in [-0.25, -0.2) is 9.50 Å². The van der Waals surface area contributed by atoms with Gasteiger partial charge < -0.3 is 10.0 Å². The highest BCUT2D eigenvalue weighted by Crippen LogP contribution is 2.30. The maximum atomic E-state index is 9.81.